The van der Waals surface area contributed by atoms with Crippen LogP contribution < -0.4 is 5.32 Å². The summed E-state index contributed by atoms with van der Waals surface area (Å²) in [5.41, 5.74) is 1.85. The van der Waals surface area contributed by atoms with Crippen LogP contribution in [0.5, 0.6) is 0 Å². The molecule has 1 N–H and O–H groups in total. The van der Waals surface area contributed by atoms with Gasteiger partial charge in [-0.2, -0.15) is 0 Å². The van der Waals surface area contributed by atoms with E-state index in [1.807, 2.05) is 17.7 Å². The van der Waals surface area contributed by atoms with Gasteiger partial charge in [0, 0.05) is 17.9 Å². The quantitative estimate of drug-likeness (QED) is 0.897. The van der Waals surface area contributed by atoms with Crippen LogP contribution in [0.4, 0.5) is 10.3 Å². The highest BCUT2D eigenvalue weighted by molar-refractivity contribution is 9.10. The van der Waals surface area contributed by atoms with Gasteiger partial charge in [0.05, 0.1) is 10.2 Å². The first-order valence-electron chi connectivity index (χ1n) is 6.91. The molecule has 1 heterocycles. The molecule has 0 atom stereocenters. The van der Waals surface area contributed by atoms with E-state index in [0.29, 0.717) is 10.5 Å². The average Bonchev–Trinajstić information content (AvgIpc) is 3.03. The Morgan fingerprint density at radius 3 is 2.80 bits per heavy atom. The Hall–Kier alpha value is -1.36. The van der Waals surface area contributed by atoms with Crippen molar-refractivity contribution in [2.24, 2.45) is 0 Å². The van der Waals surface area contributed by atoms with E-state index in [4.69, 9.17) is 0 Å². The Kier molecular flexibility index (Phi) is 3.78. The van der Waals surface area contributed by atoms with E-state index in [2.05, 4.69) is 26.2 Å². The summed E-state index contributed by atoms with van der Waals surface area (Å²) in [5.74, 6) is 0.587. The molecule has 1 saturated carbocycles. The van der Waals surface area contributed by atoms with Crippen LogP contribution in [0, 0.1) is 12.7 Å². The van der Waals surface area contributed by atoms with E-state index < -0.39 is 0 Å². The Bertz CT molecular complexity index is 618. The molecule has 1 fully saturated rings. The first-order valence-corrected chi connectivity index (χ1v) is 7.71. The zero-order valence-corrected chi connectivity index (χ0v) is 13.0. The molecular formula is C15H17BrFN3. The monoisotopic (exact) mass is 337 g/mol. The smallest absolute Gasteiger partial charge is 0.207 e. The minimum atomic E-state index is -0.254. The Balaban J connectivity index is 1.93. The molecule has 0 spiro atoms. The first-order chi connectivity index (χ1) is 9.63. The van der Waals surface area contributed by atoms with Crippen molar-refractivity contribution < 1.29 is 4.39 Å². The standard InChI is InChI=1S/C15H17BrFN3/c1-10-9-20(12-6-7-14(17)13(16)8-12)15(18-10)19-11-4-2-3-5-11/h6-9,11H,2-5H2,1H3,(H,18,19). The van der Waals surface area contributed by atoms with Gasteiger partial charge in [0.25, 0.3) is 0 Å². The molecule has 3 nitrogen and oxygen atoms in total. The van der Waals surface area contributed by atoms with Crippen molar-refractivity contribution >= 4 is 21.9 Å². The summed E-state index contributed by atoms with van der Waals surface area (Å²) in [7, 11) is 0. The van der Waals surface area contributed by atoms with Crippen molar-refractivity contribution in [3.63, 3.8) is 0 Å². The Morgan fingerprint density at radius 2 is 2.10 bits per heavy atom. The lowest BCUT2D eigenvalue weighted by Gasteiger charge is -2.15. The second-order valence-electron chi connectivity index (χ2n) is 5.30. The second-order valence-corrected chi connectivity index (χ2v) is 6.15. The molecule has 0 saturated heterocycles. The first kappa shape index (κ1) is 13.6. The highest BCUT2D eigenvalue weighted by Gasteiger charge is 2.18. The van der Waals surface area contributed by atoms with Crippen LogP contribution in [0.2, 0.25) is 0 Å². The molecule has 1 aliphatic rings. The highest BCUT2D eigenvalue weighted by Crippen LogP contribution is 2.26. The number of imidazole rings is 1. The average molecular weight is 338 g/mol. The fourth-order valence-corrected chi connectivity index (χ4v) is 3.05. The van der Waals surface area contributed by atoms with Crippen LogP contribution in [0.1, 0.15) is 31.4 Å². The van der Waals surface area contributed by atoms with Crippen LogP contribution in [0.15, 0.2) is 28.9 Å². The summed E-state index contributed by atoms with van der Waals surface area (Å²) in [6.45, 7) is 1.97. The molecular weight excluding hydrogens is 321 g/mol. The van der Waals surface area contributed by atoms with Crippen LogP contribution in [-0.4, -0.2) is 15.6 Å². The number of hydrogen-bond acceptors (Lipinski definition) is 2. The van der Waals surface area contributed by atoms with Crippen LogP contribution in [-0.2, 0) is 0 Å². The third-order valence-electron chi connectivity index (χ3n) is 3.70. The molecule has 0 bridgehead atoms. The van der Waals surface area contributed by atoms with Crippen molar-refractivity contribution in [2.45, 2.75) is 38.6 Å². The molecule has 106 valence electrons. The van der Waals surface area contributed by atoms with Crippen molar-refractivity contribution in [3.8, 4) is 5.69 Å². The minimum absolute atomic E-state index is 0.254. The number of nitrogens with one attached hydrogen (secondary N) is 1. The number of aromatic nitrogens is 2. The van der Waals surface area contributed by atoms with Crippen LogP contribution in [0.25, 0.3) is 5.69 Å². The molecule has 1 aliphatic carbocycles. The summed E-state index contributed by atoms with van der Waals surface area (Å²) < 4.78 is 15.8. The van der Waals surface area contributed by atoms with Gasteiger partial charge in [0.15, 0.2) is 0 Å². The number of halogens is 2. The number of hydrogen-bond donors (Lipinski definition) is 1. The van der Waals surface area contributed by atoms with E-state index in [1.165, 1.54) is 31.7 Å². The largest absolute Gasteiger partial charge is 0.353 e. The Morgan fingerprint density at radius 1 is 1.35 bits per heavy atom. The van der Waals surface area contributed by atoms with Crippen LogP contribution in [0.3, 0.4) is 0 Å². The van der Waals surface area contributed by atoms with Crippen molar-refractivity contribution in [1.29, 1.82) is 0 Å². The second kappa shape index (κ2) is 5.56. The summed E-state index contributed by atoms with van der Waals surface area (Å²) >= 11 is 3.23. The number of aryl methyl sites for hydroxylation is 1. The fourth-order valence-electron chi connectivity index (χ4n) is 2.68. The van der Waals surface area contributed by atoms with Gasteiger partial charge >= 0.3 is 0 Å². The topological polar surface area (TPSA) is 29.9 Å². The number of benzene rings is 1. The van der Waals surface area contributed by atoms with Crippen molar-refractivity contribution in [2.75, 3.05) is 5.32 Å². The zero-order chi connectivity index (χ0) is 14.1. The van der Waals surface area contributed by atoms with Crippen molar-refractivity contribution in [3.05, 3.63) is 40.4 Å². The van der Waals surface area contributed by atoms with Gasteiger partial charge in [0.1, 0.15) is 5.82 Å². The number of nitrogens with zero attached hydrogens (tertiary/aromatic N) is 2. The molecule has 0 aliphatic heterocycles. The van der Waals surface area contributed by atoms with Gasteiger partial charge in [-0.25, -0.2) is 9.37 Å². The van der Waals surface area contributed by atoms with E-state index in [-0.39, 0.29) is 5.82 Å². The van der Waals surface area contributed by atoms with Crippen LogP contribution >= 0.6 is 15.9 Å². The normalized spacial score (nSPS) is 15.8. The number of rotatable bonds is 3. The summed E-state index contributed by atoms with van der Waals surface area (Å²) in [6.07, 6.45) is 6.91. The lowest BCUT2D eigenvalue weighted by molar-refractivity contribution is 0.620. The van der Waals surface area contributed by atoms with E-state index in [9.17, 15) is 4.39 Å². The molecule has 1 aromatic carbocycles. The van der Waals surface area contributed by atoms with Gasteiger partial charge in [-0.15, -0.1) is 0 Å². The van der Waals surface area contributed by atoms with Gasteiger partial charge in [-0.3, -0.25) is 4.57 Å². The minimum Gasteiger partial charge on any atom is -0.353 e. The summed E-state index contributed by atoms with van der Waals surface area (Å²) in [4.78, 5) is 4.55. The lowest BCUT2D eigenvalue weighted by atomic mass is 10.2. The predicted molar refractivity (Wildman–Crippen MR) is 81.8 cm³/mol. The SMILES string of the molecule is Cc1cn(-c2ccc(F)c(Br)c2)c(NC2CCCC2)n1. The van der Waals surface area contributed by atoms with Gasteiger partial charge < -0.3 is 5.32 Å². The van der Waals surface area contributed by atoms with E-state index in [0.717, 1.165) is 17.3 Å². The summed E-state index contributed by atoms with van der Waals surface area (Å²) in [6, 6.07) is 5.50. The van der Waals surface area contributed by atoms with Gasteiger partial charge in [-0.05, 0) is 53.9 Å². The summed E-state index contributed by atoms with van der Waals surface area (Å²) in [5, 5.41) is 3.51. The fraction of sp³-hybridized carbons (Fsp3) is 0.400. The zero-order valence-electron chi connectivity index (χ0n) is 11.4. The maximum Gasteiger partial charge on any atom is 0.207 e. The Labute approximate surface area is 126 Å². The lowest BCUT2D eigenvalue weighted by Crippen LogP contribution is -2.17. The molecule has 20 heavy (non-hydrogen) atoms. The van der Waals surface area contributed by atoms with E-state index >= 15 is 0 Å². The molecule has 1 aromatic heterocycles. The van der Waals surface area contributed by atoms with E-state index in [1.54, 1.807) is 12.1 Å². The maximum absolute atomic E-state index is 13.4. The third-order valence-corrected chi connectivity index (χ3v) is 4.30. The molecule has 2 aromatic rings. The molecule has 0 amide bonds. The van der Waals surface area contributed by atoms with Crippen molar-refractivity contribution in [1.82, 2.24) is 9.55 Å². The maximum atomic E-state index is 13.4. The predicted octanol–water partition coefficient (Wildman–Crippen LogP) is 4.44. The van der Waals surface area contributed by atoms with Gasteiger partial charge in [-0.1, -0.05) is 12.8 Å². The highest BCUT2D eigenvalue weighted by atomic mass is 79.9. The molecule has 3 rings (SSSR count). The number of anilines is 1. The molecule has 0 unspecified atom stereocenters. The molecule has 5 heteroatoms. The molecule has 0 radical (unpaired) electrons. The third kappa shape index (κ3) is 2.73. The van der Waals surface area contributed by atoms with Gasteiger partial charge in [0.2, 0.25) is 5.95 Å².